The summed E-state index contributed by atoms with van der Waals surface area (Å²) in [6, 6.07) is 0.0300. The van der Waals surface area contributed by atoms with Crippen molar-refractivity contribution in [2.75, 3.05) is 18.8 Å². The number of nitrogens with two attached hydrogens (primary N) is 1. The van der Waals surface area contributed by atoms with Crippen LogP contribution in [0.1, 0.15) is 32.6 Å². The predicted molar refractivity (Wildman–Crippen MR) is 57.5 cm³/mol. The number of unbranched alkanes of at least 4 members (excludes halogenated alkanes) is 1. The summed E-state index contributed by atoms with van der Waals surface area (Å²) in [6.07, 6.45) is 3.79. The topological polar surface area (TPSA) is 63.4 Å². The third-order valence-electron chi connectivity index (χ3n) is 2.71. The van der Waals surface area contributed by atoms with Gasteiger partial charge in [0.1, 0.15) is 0 Å². The van der Waals surface area contributed by atoms with Gasteiger partial charge in [0.2, 0.25) is 10.0 Å². The molecule has 1 atom stereocenters. The van der Waals surface area contributed by atoms with E-state index in [4.69, 9.17) is 5.73 Å². The Morgan fingerprint density at radius 3 is 2.64 bits per heavy atom. The van der Waals surface area contributed by atoms with Gasteiger partial charge in [-0.3, -0.25) is 0 Å². The summed E-state index contributed by atoms with van der Waals surface area (Å²) >= 11 is 0. The van der Waals surface area contributed by atoms with Gasteiger partial charge in [-0.05, 0) is 12.8 Å². The second kappa shape index (κ2) is 5.09. The Labute approximate surface area is 86.5 Å². The van der Waals surface area contributed by atoms with Crippen LogP contribution in [0, 0.1) is 0 Å². The molecule has 1 aliphatic heterocycles. The average molecular weight is 220 g/mol. The maximum absolute atomic E-state index is 11.6. The smallest absolute Gasteiger partial charge is 0.214 e. The second-order valence-corrected chi connectivity index (χ2v) is 5.85. The summed E-state index contributed by atoms with van der Waals surface area (Å²) < 4.78 is 24.8. The molecule has 1 saturated heterocycles. The first-order valence-corrected chi connectivity index (χ1v) is 6.92. The first kappa shape index (κ1) is 11.9. The van der Waals surface area contributed by atoms with Crippen molar-refractivity contribution in [3.63, 3.8) is 0 Å². The van der Waals surface area contributed by atoms with Crippen LogP contribution in [0.15, 0.2) is 0 Å². The monoisotopic (exact) mass is 220 g/mol. The maximum Gasteiger partial charge on any atom is 0.214 e. The van der Waals surface area contributed by atoms with E-state index in [1.54, 1.807) is 4.31 Å². The normalized spacial score (nSPS) is 23.9. The molecule has 0 aromatic heterocycles. The zero-order chi connectivity index (χ0) is 10.6. The minimum absolute atomic E-state index is 0.0300. The Balaban J connectivity index is 2.60. The number of nitrogens with zero attached hydrogens (tertiary/aromatic N) is 1. The van der Waals surface area contributed by atoms with Crippen molar-refractivity contribution in [3.8, 4) is 0 Å². The quantitative estimate of drug-likeness (QED) is 0.735. The maximum atomic E-state index is 11.6. The summed E-state index contributed by atoms with van der Waals surface area (Å²) in [4.78, 5) is 0. The molecule has 2 N–H and O–H groups in total. The summed E-state index contributed by atoms with van der Waals surface area (Å²) in [5.74, 6) is 0.301. The Morgan fingerprint density at radius 2 is 2.21 bits per heavy atom. The highest BCUT2D eigenvalue weighted by molar-refractivity contribution is 7.89. The number of hydrogen-bond acceptors (Lipinski definition) is 3. The van der Waals surface area contributed by atoms with Crippen molar-refractivity contribution in [1.29, 1.82) is 0 Å². The number of hydrogen-bond donors (Lipinski definition) is 1. The molecule has 0 aliphatic carbocycles. The molecule has 84 valence electrons. The van der Waals surface area contributed by atoms with Gasteiger partial charge in [0, 0.05) is 19.1 Å². The first-order valence-electron chi connectivity index (χ1n) is 5.31. The number of sulfonamides is 1. The van der Waals surface area contributed by atoms with Gasteiger partial charge in [-0.1, -0.05) is 19.8 Å². The molecular formula is C9H20N2O2S. The lowest BCUT2D eigenvalue weighted by molar-refractivity contribution is 0.323. The standard InChI is InChI=1S/C9H20N2O2S/c1-2-3-5-9(8-10)11-6-4-7-14(11,12)13/h9H,2-8,10H2,1H3. The summed E-state index contributed by atoms with van der Waals surface area (Å²) in [5.41, 5.74) is 5.61. The van der Waals surface area contributed by atoms with Gasteiger partial charge in [0.15, 0.2) is 0 Å². The Bertz CT molecular complexity index is 264. The molecule has 1 heterocycles. The molecule has 0 aromatic rings. The average Bonchev–Trinajstić information content (AvgIpc) is 2.48. The molecule has 0 aromatic carbocycles. The van der Waals surface area contributed by atoms with Gasteiger partial charge < -0.3 is 5.73 Å². The van der Waals surface area contributed by atoms with Crippen LogP contribution in [0.4, 0.5) is 0 Å². The Morgan fingerprint density at radius 1 is 1.50 bits per heavy atom. The molecule has 0 bridgehead atoms. The van der Waals surface area contributed by atoms with Crippen molar-refractivity contribution < 1.29 is 8.42 Å². The van der Waals surface area contributed by atoms with Crippen LogP contribution in [-0.4, -0.2) is 37.6 Å². The SMILES string of the molecule is CCCCC(CN)N1CCCS1(=O)=O. The fourth-order valence-electron chi connectivity index (χ4n) is 1.89. The van der Waals surface area contributed by atoms with E-state index in [9.17, 15) is 8.42 Å². The van der Waals surface area contributed by atoms with Crippen molar-refractivity contribution >= 4 is 10.0 Å². The molecule has 1 unspecified atom stereocenters. The fraction of sp³-hybridized carbons (Fsp3) is 1.00. The second-order valence-electron chi connectivity index (χ2n) is 3.81. The van der Waals surface area contributed by atoms with Gasteiger partial charge in [-0.2, -0.15) is 4.31 Å². The molecule has 5 heteroatoms. The first-order chi connectivity index (χ1) is 6.61. The molecule has 1 aliphatic rings. The lowest BCUT2D eigenvalue weighted by Gasteiger charge is -2.24. The lowest BCUT2D eigenvalue weighted by atomic mass is 10.1. The van der Waals surface area contributed by atoms with Gasteiger partial charge in [-0.25, -0.2) is 8.42 Å². The van der Waals surface area contributed by atoms with E-state index in [1.165, 1.54) is 0 Å². The molecule has 14 heavy (non-hydrogen) atoms. The molecule has 1 fully saturated rings. The van der Waals surface area contributed by atoms with Crippen molar-refractivity contribution in [2.24, 2.45) is 5.73 Å². The van der Waals surface area contributed by atoms with Gasteiger partial charge in [0.25, 0.3) is 0 Å². The van der Waals surface area contributed by atoms with Crippen LogP contribution in [0.5, 0.6) is 0 Å². The van der Waals surface area contributed by atoms with Crippen LogP contribution < -0.4 is 5.73 Å². The van der Waals surface area contributed by atoms with Crippen molar-refractivity contribution in [1.82, 2.24) is 4.31 Å². The highest BCUT2D eigenvalue weighted by atomic mass is 32.2. The highest BCUT2D eigenvalue weighted by Gasteiger charge is 2.33. The van der Waals surface area contributed by atoms with Crippen LogP contribution in [0.25, 0.3) is 0 Å². The van der Waals surface area contributed by atoms with Crippen molar-refractivity contribution in [3.05, 3.63) is 0 Å². The molecule has 0 radical (unpaired) electrons. The van der Waals surface area contributed by atoms with E-state index >= 15 is 0 Å². The highest BCUT2D eigenvalue weighted by Crippen LogP contribution is 2.19. The molecule has 4 nitrogen and oxygen atoms in total. The van der Waals surface area contributed by atoms with Gasteiger partial charge in [0.05, 0.1) is 5.75 Å². The zero-order valence-corrected chi connectivity index (χ0v) is 9.59. The van der Waals surface area contributed by atoms with Gasteiger partial charge in [-0.15, -0.1) is 0 Å². The molecule has 1 rings (SSSR count). The van der Waals surface area contributed by atoms with Crippen LogP contribution in [-0.2, 0) is 10.0 Å². The van der Waals surface area contributed by atoms with E-state index in [1.807, 2.05) is 0 Å². The molecule has 0 amide bonds. The molecule has 0 spiro atoms. The lowest BCUT2D eigenvalue weighted by Crippen LogP contribution is -2.41. The molecule has 0 saturated carbocycles. The van der Waals surface area contributed by atoms with Crippen LogP contribution >= 0.6 is 0 Å². The Hall–Kier alpha value is -0.130. The third kappa shape index (κ3) is 2.68. The summed E-state index contributed by atoms with van der Waals surface area (Å²) in [5, 5.41) is 0. The largest absolute Gasteiger partial charge is 0.329 e. The third-order valence-corrected chi connectivity index (χ3v) is 4.71. The van der Waals surface area contributed by atoms with Gasteiger partial charge >= 0.3 is 0 Å². The minimum atomic E-state index is -2.98. The predicted octanol–water partition coefficient (Wildman–Crippen LogP) is 0.539. The van der Waals surface area contributed by atoms with Crippen LogP contribution in [0.2, 0.25) is 0 Å². The fourth-order valence-corrected chi connectivity index (χ4v) is 3.67. The van der Waals surface area contributed by atoms with Crippen molar-refractivity contribution in [2.45, 2.75) is 38.6 Å². The van der Waals surface area contributed by atoms with E-state index in [0.29, 0.717) is 18.8 Å². The van der Waals surface area contributed by atoms with Crippen LogP contribution in [0.3, 0.4) is 0 Å². The zero-order valence-electron chi connectivity index (χ0n) is 8.78. The summed E-state index contributed by atoms with van der Waals surface area (Å²) in [6.45, 7) is 3.21. The Kier molecular flexibility index (Phi) is 4.34. The van der Waals surface area contributed by atoms with E-state index in [2.05, 4.69) is 6.92 Å². The van der Waals surface area contributed by atoms with E-state index < -0.39 is 10.0 Å². The number of rotatable bonds is 5. The minimum Gasteiger partial charge on any atom is -0.329 e. The molecular weight excluding hydrogens is 200 g/mol. The van der Waals surface area contributed by atoms with E-state index in [0.717, 1.165) is 25.7 Å². The van der Waals surface area contributed by atoms with E-state index in [-0.39, 0.29) is 6.04 Å². The summed E-state index contributed by atoms with van der Waals surface area (Å²) in [7, 11) is -2.98.